The van der Waals surface area contributed by atoms with Crippen molar-refractivity contribution in [2.24, 2.45) is 5.41 Å². The summed E-state index contributed by atoms with van der Waals surface area (Å²) in [5.74, 6) is -1.86. The average molecular weight is 309 g/mol. The third-order valence-corrected chi connectivity index (χ3v) is 6.16. The molecule has 0 unspecified atom stereocenters. The van der Waals surface area contributed by atoms with Gasteiger partial charge in [-0.05, 0) is 17.7 Å². The number of nitrogens with zero attached hydrogens (tertiary/aromatic N) is 1. The van der Waals surface area contributed by atoms with Crippen molar-refractivity contribution in [3.8, 4) is 11.8 Å². The van der Waals surface area contributed by atoms with Gasteiger partial charge in [0.05, 0.1) is 13.2 Å². The molecule has 112 valence electrons. The molecule has 7 heteroatoms. The minimum Gasteiger partial charge on any atom is -0.497 e. The number of nitriles is 1. The van der Waals surface area contributed by atoms with Gasteiger partial charge in [0.1, 0.15) is 11.0 Å². The SMILES string of the molecule is CCS(=O)(=O)[C@@H]1[C@@H](c2ccc(OC)cc2)[C@@]1(C#N)C(=O)O. The summed E-state index contributed by atoms with van der Waals surface area (Å²) in [4.78, 5) is 11.5. The predicted octanol–water partition coefficient (Wildman–Crippen LogP) is 1.19. The Balaban J connectivity index is 2.50. The Kier molecular flexibility index (Phi) is 3.68. The summed E-state index contributed by atoms with van der Waals surface area (Å²) in [7, 11) is -2.14. The van der Waals surface area contributed by atoms with E-state index in [0.717, 1.165) is 0 Å². The minimum atomic E-state index is -3.64. The van der Waals surface area contributed by atoms with E-state index in [4.69, 9.17) is 4.74 Å². The number of hydrogen-bond donors (Lipinski definition) is 1. The molecule has 0 amide bonds. The van der Waals surface area contributed by atoms with Gasteiger partial charge in [0.2, 0.25) is 0 Å². The summed E-state index contributed by atoms with van der Waals surface area (Å²) in [6, 6.07) is 8.15. The second-order valence-electron chi connectivity index (χ2n) is 4.91. The highest BCUT2D eigenvalue weighted by Gasteiger charge is 2.76. The summed E-state index contributed by atoms with van der Waals surface area (Å²) in [6.45, 7) is 1.45. The van der Waals surface area contributed by atoms with E-state index >= 15 is 0 Å². The van der Waals surface area contributed by atoms with Gasteiger partial charge in [0.25, 0.3) is 0 Å². The van der Waals surface area contributed by atoms with Crippen molar-refractivity contribution in [1.82, 2.24) is 0 Å². The molecular weight excluding hydrogens is 294 g/mol. The first kappa shape index (κ1) is 15.3. The van der Waals surface area contributed by atoms with Crippen LogP contribution in [0.25, 0.3) is 0 Å². The Bertz CT molecular complexity index is 704. The predicted molar refractivity (Wildman–Crippen MR) is 74.7 cm³/mol. The highest BCUT2D eigenvalue weighted by atomic mass is 32.2. The van der Waals surface area contributed by atoms with E-state index in [2.05, 4.69) is 0 Å². The summed E-state index contributed by atoms with van der Waals surface area (Å²) in [6.07, 6.45) is 0. The Morgan fingerprint density at radius 1 is 1.43 bits per heavy atom. The number of aliphatic carboxylic acids is 1. The van der Waals surface area contributed by atoms with Crippen LogP contribution in [0, 0.1) is 16.7 Å². The molecule has 21 heavy (non-hydrogen) atoms. The fourth-order valence-corrected chi connectivity index (χ4v) is 4.64. The van der Waals surface area contributed by atoms with Gasteiger partial charge in [-0.3, -0.25) is 4.79 Å². The fourth-order valence-electron chi connectivity index (χ4n) is 2.71. The topological polar surface area (TPSA) is 104 Å². The van der Waals surface area contributed by atoms with Crippen LogP contribution in [0.4, 0.5) is 0 Å². The van der Waals surface area contributed by atoms with Crippen LogP contribution in [0.5, 0.6) is 5.75 Å². The van der Waals surface area contributed by atoms with Gasteiger partial charge in [-0.1, -0.05) is 19.1 Å². The summed E-state index contributed by atoms with van der Waals surface area (Å²) < 4.78 is 29.2. The third-order valence-electron chi connectivity index (χ3n) is 3.94. The van der Waals surface area contributed by atoms with E-state index in [0.29, 0.717) is 11.3 Å². The Morgan fingerprint density at radius 2 is 2.00 bits per heavy atom. The first-order valence-corrected chi connectivity index (χ1v) is 8.06. The van der Waals surface area contributed by atoms with Crippen molar-refractivity contribution in [1.29, 1.82) is 5.26 Å². The standard InChI is InChI=1S/C14H15NO5S/c1-3-21(18,19)12-11(14(12,8-15)13(16)17)9-4-6-10(20-2)7-5-9/h4-7,11-12H,3H2,1-2H3,(H,16,17)/t11-,12-,14-/m1/s1. The first-order valence-electron chi connectivity index (χ1n) is 6.35. The number of carboxylic acid groups (broad SMARTS) is 1. The largest absolute Gasteiger partial charge is 0.497 e. The number of ether oxygens (including phenoxy) is 1. The van der Waals surface area contributed by atoms with E-state index in [9.17, 15) is 23.6 Å². The quantitative estimate of drug-likeness (QED) is 0.876. The molecule has 0 bridgehead atoms. The molecule has 0 aliphatic heterocycles. The number of rotatable bonds is 5. The molecule has 0 spiro atoms. The van der Waals surface area contributed by atoms with E-state index in [-0.39, 0.29) is 5.75 Å². The summed E-state index contributed by atoms with van der Waals surface area (Å²) in [5, 5.41) is 17.4. The van der Waals surface area contributed by atoms with Crippen molar-refractivity contribution >= 4 is 15.8 Å². The second-order valence-corrected chi connectivity index (χ2v) is 7.32. The highest BCUT2D eigenvalue weighted by molar-refractivity contribution is 7.92. The van der Waals surface area contributed by atoms with E-state index in [1.54, 1.807) is 30.3 Å². The zero-order valence-corrected chi connectivity index (χ0v) is 12.4. The van der Waals surface area contributed by atoms with Crippen LogP contribution in [0.15, 0.2) is 24.3 Å². The number of carbonyl (C=O) groups is 1. The Labute approximate surface area is 122 Å². The maximum Gasteiger partial charge on any atom is 0.326 e. The van der Waals surface area contributed by atoms with Crippen molar-refractivity contribution < 1.29 is 23.1 Å². The zero-order chi connectivity index (χ0) is 15.8. The van der Waals surface area contributed by atoms with Crippen molar-refractivity contribution in [2.75, 3.05) is 12.9 Å². The monoisotopic (exact) mass is 309 g/mol. The van der Waals surface area contributed by atoms with Crippen LogP contribution < -0.4 is 4.74 Å². The molecule has 1 aliphatic carbocycles. The third kappa shape index (κ3) is 2.16. The lowest BCUT2D eigenvalue weighted by atomic mass is 10.0. The molecule has 3 atom stereocenters. The summed E-state index contributed by atoms with van der Waals surface area (Å²) in [5.41, 5.74) is -1.38. The molecule has 0 heterocycles. The van der Waals surface area contributed by atoms with Crippen molar-refractivity contribution in [2.45, 2.75) is 18.1 Å². The molecule has 2 rings (SSSR count). The molecule has 1 aromatic rings. The lowest BCUT2D eigenvalue weighted by Crippen LogP contribution is -2.23. The molecular formula is C14H15NO5S. The lowest BCUT2D eigenvalue weighted by Gasteiger charge is -2.03. The van der Waals surface area contributed by atoms with Crippen molar-refractivity contribution in [3.05, 3.63) is 29.8 Å². The van der Waals surface area contributed by atoms with Gasteiger partial charge in [0, 0.05) is 11.7 Å². The molecule has 0 aromatic heterocycles. The van der Waals surface area contributed by atoms with Crippen LogP contribution in [0.2, 0.25) is 0 Å². The molecule has 6 nitrogen and oxygen atoms in total. The first-order chi connectivity index (χ1) is 9.85. The smallest absolute Gasteiger partial charge is 0.326 e. The lowest BCUT2D eigenvalue weighted by molar-refractivity contribution is -0.141. The zero-order valence-electron chi connectivity index (χ0n) is 11.6. The molecule has 1 saturated carbocycles. The number of methoxy groups -OCH3 is 1. The van der Waals surface area contributed by atoms with Crippen LogP contribution >= 0.6 is 0 Å². The van der Waals surface area contributed by atoms with Crippen LogP contribution in [-0.2, 0) is 14.6 Å². The number of carboxylic acids is 1. The molecule has 1 N–H and O–H groups in total. The molecule has 0 saturated heterocycles. The van der Waals surface area contributed by atoms with Crippen LogP contribution in [-0.4, -0.2) is 37.6 Å². The molecule has 1 aliphatic rings. The molecule has 1 aromatic carbocycles. The normalized spacial score (nSPS) is 27.7. The van der Waals surface area contributed by atoms with Gasteiger partial charge in [-0.2, -0.15) is 5.26 Å². The minimum absolute atomic E-state index is 0.193. The van der Waals surface area contributed by atoms with E-state index < -0.39 is 32.4 Å². The summed E-state index contributed by atoms with van der Waals surface area (Å²) >= 11 is 0. The fraction of sp³-hybridized carbons (Fsp3) is 0.429. The van der Waals surface area contributed by atoms with Gasteiger partial charge < -0.3 is 9.84 Å². The second kappa shape index (κ2) is 5.04. The average Bonchev–Trinajstić information content (AvgIpc) is 3.19. The number of sulfone groups is 1. The van der Waals surface area contributed by atoms with Crippen LogP contribution in [0.1, 0.15) is 18.4 Å². The van der Waals surface area contributed by atoms with Gasteiger partial charge in [0.15, 0.2) is 15.3 Å². The van der Waals surface area contributed by atoms with E-state index in [1.165, 1.54) is 14.0 Å². The Morgan fingerprint density at radius 3 is 2.38 bits per heavy atom. The number of benzene rings is 1. The van der Waals surface area contributed by atoms with E-state index in [1.807, 2.05) is 0 Å². The maximum atomic E-state index is 12.1. The van der Waals surface area contributed by atoms with Gasteiger partial charge in [-0.25, -0.2) is 8.42 Å². The van der Waals surface area contributed by atoms with Crippen molar-refractivity contribution in [3.63, 3.8) is 0 Å². The maximum absolute atomic E-state index is 12.1. The molecule has 0 radical (unpaired) electrons. The highest BCUT2D eigenvalue weighted by Crippen LogP contribution is 2.63. The van der Waals surface area contributed by atoms with Gasteiger partial charge >= 0.3 is 5.97 Å². The van der Waals surface area contributed by atoms with Gasteiger partial charge in [-0.15, -0.1) is 0 Å². The molecule has 1 fully saturated rings. The number of hydrogen-bond acceptors (Lipinski definition) is 5. The Hall–Kier alpha value is -2.07. The van der Waals surface area contributed by atoms with Crippen LogP contribution in [0.3, 0.4) is 0 Å².